The van der Waals surface area contributed by atoms with E-state index in [2.05, 4.69) is 39.6 Å². The molecule has 22 heavy (non-hydrogen) atoms. The maximum atomic E-state index is 11.7. The highest BCUT2D eigenvalue weighted by Gasteiger charge is 2.02. The minimum atomic E-state index is -0.246. The summed E-state index contributed by atoms with van der Waals surface area (Å²) in [6, 6.07) is 15.2. The first-order chi connectivity index (χ1) is 10.7. The molecular weight excluding hydrogens is 344 g/mol. The van der Waals surface area contributed by atoms with Crippen molar-refractivity contribution in [2.75, 3.05) is 18.5 Å². The van der Waals surface area contributed by atoms with Crippen LogP contribution in [0, 0.1) is 0 Å². The third-order valence-electron chi connectivity index (χ3n) is 3.05. The summed E-state index contributed by atoms with van der Waals surface area (Å²) in [5, 5.41) is 5.52. The summed E-state index contributed by atoms with van der Waals surface area (Å²) in [6.07, 6.45) is 0.977. The van der Waals surface area contributed by atoms with Gasteiger partial charge in [-0.3, -0.25) is 0 Å². The van der Waals surface area contributed by atoms with Crippen LogP contribution in [-0.4, -0.2) is 19.2 Å². The number of amides is 2. The molecule has 0 aliphatic rings. The highest BCUT2D eigenvalue weighted by molar-refractivity contribution is 9.10. The topological polar surface area (TPSA) is 50.4 Å². The van der Waals surface area contributed by atoms with Crippen molar-refractivity contribution >= 4 is 27.6 Å². The van der Waals surface area contributed by atoms with Crippen LogP contribution >= 0.6 is 15.9 Å². The largest absolute Gasteiger partial charge is 0.492 e. The Labute approximate surface area is 139 Å². The van der Waals surface area contributed by atoms with E-state index in [1.807, 2.05) is 42.5 Å². The molecule has 0 fully saturated rings. The van der Waals surface area contributed by atoms with Gasteiger partial charge in [-0.1, -0.05) is 41.1 Å². The molecule has 4 nitrogen and oxygen atoms in total. The third kappa shape index (κ3) is 5.41. The van der Waals surface area contributed by atoms with Crippen molar-refractivity contribution in [1.29, 1.82) is 0 Å². The Morgan fingerprint density at radius 2 is 2.00 bits per heavy atom. The summed E-state index contributed by atoms with van der Waals surface area (Å²) >= 11 is 3.36. The molecule has 116 valence electrons. The van der Waals surface area contributed by atoms with Crippen LogP contribution in [0.5, 0.6) is 5.75 Å². The van der Waals surface area contributed by atoms with Crippen molar-refractivity contribution in [2.24, 2.45) is 0 Å². The standard InChI is InChI=1S/C17H19BrN2O2/c1-2-13-5-3-8-16(11-13)22-10-9-19-17(21)20-15-7-4-6-14(18)12-15/h3-8,11-12H,2,9-10H2,1H3,(H2,19,20,21). The number of rotatable bonds is 6. The van der Waals surface area contributed by atoms with Crippen LogP contribution in [0.1, 0.15) is 12.5 Å². The Morgan fingerprint density at radius 1 is 1.18 bits per heavy atom. The van der Waals surface area contributed by atoms with Gasteiger partial charge in [0, 0.05) is 10.2 Å². The number of carbonyl (C=O) groups excluding carboxylic acids is 1. The molecule has 2 aromatic carbocycles. The SMILES string of the molecule is CCc1cccc(OCCNC(=O)Nc2cccc(Br)c2)c1. The van der Waals surface area contributed by atoms with E-state index < -0.39 is 0 Å². The number of benzene rings is 2. The number of nitrogens with one attached hydrogen (secondary N) is 2. The molecule has 0 aliphatic heterocycles. The van der Waals surface area contributed by atoms with Crippen LogP contribution in [-0.2, 0) is 6.42 Å². The van der Waals surface area contributed by atoms with Gasteiger partial charge in [-0.15, -0.1) is 0 Å². The average Bonchev–Trinajstić information content (AvgIpc) is 2.52. The number of ether oxygens (including phenoxy) is 1. The molecule has 0 bridgehead atoms. The van der Waals surface area contributed by atoms with Crippen molar-refractivity contribution in [3.05, 3.63) is 58.6 Å². The Bertz CT molecular complexity index is 632. The maximum Gasteiger partial charge on any atom is 0.319 e. The second-order valence-electron chi connectivity index (χ2n) is 4.74. The summed E-state index contributed by atoms with van der Waals surface area (Å²) in [5.74, 6) is 0.827. The van der Waals surface area contributed by atoms with Gasteiger partial charge in [0.15, 0.2) is 0 Å². The van der Waals surface area contributed by atoms with E-state index in [1.165, 1.54) is 5.56 Å². The smallest absolute Gasteiger partial charge is 0.319 e. The lowest BCUT2D eigenvalue weighted by atomic mass is 10.2. The molecule has 0 radical (unpaired) electrons. The fourth-order valence-electron chi connectivity index (χ4n) is 1.93. The summed E-state index contributed by atoms with van der Waals surface area (Å²) in [6.45, 7) is 2.97. The first kappa shape index (κ1) is 16.4. The number of hydrogen-bond acceptors (Lipinski definition) is 2. The zero-order chi connectivity index (χ0) is 15.8. The Morgan fingerprint density at radius 3 is 2.77 bits per heavy atom. The van der Waals surface area contributed by atoms with Crippen LogP contribution < -0.4 is 15.4 Å². The first-order valence-electron chi connectivity index (χ1n) is 7.19. The van der Waals surface area contributed by atoms with Gasteiger partial charge in [-0.2, -0.15) is 0 Å². The van der Waals surface area contributed by atoms with Crippen molar-refractivity contribution in [3.8, 4) is 5.75 Å². The Balaban J connectivity index is 1.70. The zero-order valence-corrected chi connectivity index (χ0v) is 14.0. The van der Waals surface area contributed by atoms with E-state index >= 15 is 0 Å². The lowest BCUT2D eigenvalue weighted by Crippen LogP contribution is -2.32. The molecule has 0 saturated carbocycles. The number of aryl methyl sites for hydroxylation is 1. The molecule has 2 amide bonds. The van der Waals surface area contributed by atoms with Gasteiger partial charge in [0.2, 0.25) is 0 Å². The molecule has 5 heteroatoms. The summed E-state index contributed by atoms with van der Waals surface area (Å²) in [5.41, 5.74) is 1.97. The number of urea groups is 1. The molecule has 2 N–H and O–H groups in total. The van der Waals surface area contributed by atoms with E-state index in [0.717, 1.165) is 22.3 Å². The molecular formula is C17H19BrN2O2. The lowest BCUT2D eigenvalue weighted by Gasteiger charge is -2.10. The van der Waals surface area contributed by atoms with E-state index in [-0.39, 0.29) is 6.03 Å². The van der Waals surface area contributed by atoms with Gasteiger partial charge < -0.3 is 15.4 Å². The van der Waals surface area contributed by atoms with Crippen LogP contribution in [0.25, 0.3) is 0 Å². The number of hydrogen-bond donors (Lipinski definition) is 2. The Kier molecular flexibility index (Phi) is 6.27. The minimum Gasteiger partial charge on any atom is -0.492 e. The van der Waals surface area contributed by atoms with Gasteiger partial charge in [0.1, 0.15) is 12.4 Å². The van der Waals surface area contributed by atoms with E-state index in [0.29, 0.717) is 13.2 Å². The number of halogens is 1. The van der Waals surface area contributed by atoms with E-state index in [9.17, 15) is 4.79 Å². The fraction of sp³-hybridized carbons (Fsp3) is 0.235. The molecule has 0 unspecified atom stereocenters. The number of anilines is 1. The van der Waals surface area contributed by atoms with Crippen LogP contribution in [0.3, 0.4) is 0 Å². The van der Waals surface area contributed by atoms with E-state index in [1.54, 1.807) is 0 Å². The second-order valence-corrected chi connectivity index (χ2v) is 5.66. The normalized spacial score (nSPS) is 10.1. The van der Waals surface area contributed by atoms with Crippen LogP contribution in [0.4, 0.5) is 10.5 Å². The summed E-state index contributed by atoms with van der Waals surface area (Å²) in [4.78, 5) is 11.7. The summed E-state index contributed by atoms with van der Waals surface area (Å²) in [7, 11) is 0. The molecule has 0 spiro atoms. The quantitative estimate of drug-likeness (QED) is 0.756. The van der Waals surface area contributed by atoms with Gasteiger partial charge >= 0.3 is 6.03 Å². The van der Waals surface area contributed by atoms with Crippen LogP contribution in [0.2, 0.25) is 0 Å². The Hall–Kier alpha value is -2.01. The van der Waals surface area contributed by atoms with Gasteiger partial charge in [0.25, 0.3) is 0 Å². The predicted molar refractivity (Wildman–Crippen MR) is 92.5 cm³/mol. The van der Waals surface area contributed by atoms with Gasteiger partial charge in [-0.05, 0) is 42.3 Å². The van der Waals surface area contributed by atoms with Gasteiger partial charge in [0.05, 0.1) is 6.54 Å². The van der Waals surface area contributed by atoms with Crippen molar-refractivity contribution < 1.29 is 9.53 Å². The molecule has 0 saturated heterocycles. The highest BCUT2D eigenvalue weighted by Crippen LogP contribution is 2.15. The molecule has 2 rings (SSSR count). The first-order valence-corrected chi connectivity index (χ1v) is 7.99. The number of carbonyl (C=O) groups is 1. The van der Waals surface area contributed by atoms with Crippen molar-refractivity contribution in [1.82, 2.24) is 5.32 Å². The minimum absolute atomic E-state index is 0.246. The lowest BCUT2D eigenvalue weighted by molar-refractivity contribution is 0.247. The maximum absolute atomic E-state index is 11.7. The molecule has 0 aromatic heterocycles. The van der Waals surface area contributed by atoms with Crippen molar-refractivity contribution in [2.45, 2.75) is 13.3 Å². The van der Waals surface area contributed by atoms with Crippen LogP contribution in [0.15, 0.2) is 53.0 Å². The molecule has 0 aliphatic carbocycles. The van der Waals surface area contributed by atoms with Gasteiger partial charge in [-0.25, -0.2) is 4.79 Å². The molecule has 0 heterocycles. The molecule has 2 aromatic rings. The third-order valence-corrected chi connectivity index (χ3v) is 3.54. The predicted octanol–water partition coefficient (Wildman–Crippen LogP) is 4.21. The summed E-state index contributed by atoms with van der Waals surface area (Å²) < 4.78 is 6.54. The second kappa shape index (κ2) is 8.44. The van der Waals surface area contributed by atoms with E-state index in [4.69, 9.17) is 4.74 Å². The monoisotopic (exact) mass is 362 g/mol. The van der Waals surface area contributed by atoms with Crippen molar-refractivity contribution in [3.63, 3.8) is 0 Å². The average molecular weight is 363 g/mol. The molecule has 0 atom stereocenters. The zero-order valence-electron chi connectivity index (χ0n) is 12.4. The highest BCUT2D eigenvalue weighted by atomic mass is 79.9. The fourth-order valence-corrected chi connectivity index (χ4v) is 2.33.